The van der Waals surface area contributed by atoms with E-state index in [1.165, 1.54) is 7.11 Å². The van der Waals surface area contributed by atoms with Gasteiger partial charge in [0.25, 0.3) is 0 Å². The van der Waals surface area contributed by atoms with Crippen molar-refractivity contribution in [1.29, 1.82) is 5.41 Å². The fourth-order valence-electron chi connectivity index (χ4n) is 2.82. The summed E-state index contributed by atoms with van der Waals surface area (Å²) in [5.74, 6) is 0.406. The average molecular weight is 327 g/mol. The van der Waals surface area contributed by atoms with Gasteiger partial charge in [-0.05, 0) is 13.3 Å². The molecule has 2 heterocycles. The van der Waals surface area contributed by atoms with Crippen molar-refractivity contribution in [3.05, 3.63) is 0 Å². The lowest BCUT2D eigenvalue weighted by Gasteiger charge is -2.41. The van der Waals surface area contributed by atoms with Gasteiger partial charge in [0.05, 0.1) is 17.7 Å². The molecule has 12 heteroatoms. The largest absolute Gasteiger partial charge is 0.484 e. The van der Waals surface area contributed by atoms with Crippen LogP contribution in [0.2, 0.25) is 0 Å². The van der Waals surface area contributed by atoms with Crippen LogP contribution in [-0.2, 0) is 14.7 Å². The van der Waals surface area contributed by atoms with Gasteiger partial charge in [-0.2, -0.15) is 15.5 Å². The second-order valence-electron chi connectivity index (χ2n) is 5.55. The van der Waals surface area contributed by atoms with Crippen LogP contribution in [0.1, 0.15) is 26.7 Å². The van der Waals surface area contributed by atoms with Gasteiger partial charge >= 0.3 is 0 Å². The van der Waals surface area contributed by atoms with Crippen LogP contribution in [-0.4, -0.2) is 46.3 Å². The lowest BCUT2D eigenvalue weighted by Crippen LogP contribution is -2.54. The Kier molecular flexibility index (Phi) is 4.65. The van der Waals surface area contributed by atoms with E-state index in [9.17, 15) is 0 Å². The minimum Gasteiger partial charge on any atom is -0.484 e. The molecule has 2 aliphatic heterocycles. The molecule has 12 nitrogen and oxygen atoms in total. The maximum absolute atomic E-state index is 8.47. The number of amidine groups is 2. The molecule has 0 amide bonds. The maximum atomic E-state index is 8.47. The first-order valence-electron chi connectivity index (χ1n) is 6.67. The summed E-state index contributed by atoms with van der Waals surface area (Å²) in [6, 6.07) is 0. The Balaban J connectivity index is 2.54. The maximum Gasteiger partial charge on any atom is 0.192 e. The number of methoxy groups -OCH3 is 1. The Morgan fingerprint density at radius 3 is 2.48 bits per heavy atom. The molecule has 0 spiro atoms. The molecule has 2 rings (SSSR count). The third kappa shape index (κ3) is 3.03. The Bertz CT molecular complexity index is 604. The second-order valence-corrected chi connectivity index (χ2v) is 5.55. The van der Waals surface area contributed by atoms with Crippen molar-refractivity contribution in [3.8, 4) is 0 Å². The van der Waals surface area contributed by atoms with Crippen molar-refractivity contribution in [2.45, 2.75) is 37.8 Å². The highest BCUT2D eigenvalue weighted by atomic mass is 17.2. The fraction of sp³-hybridized carbons (Fsp3) is 0.727. The van der Waals surface area contributed by atoms with Crippen LogP contribution < -0.4 is 0 Å². The molecular formula is C11H17N7O5. The zero-order chi connectivity index (χ0) is 17.1. The SMILES string of the molecule is COC1=NC2=NC(=N)C(C)(/N=N\OO)CC2(/N=N\OO)CC1C. The number of fused-ring (bicyclic) bond motifs is 1. The molecule has 0 bridgehead atoms. The zero-order valence-electron chi connectivity index (χ0n) is 12.8. The molecule has 3 unspecified atom stereocenters. The summed E-state index contributed by atoms with van der Waals surface area (Å²) in [7, 11) is 1.49. The first kappa shape index (κ1) is 16.9. The molecule has 126 valence electrons. The highest BCUT2D eigenvalue weighted by Crippen LogP contribution is 2.42. The quantitative estimate of drug-likeness (QED) is 0.407. The van der Waals surface area contributed by atoms with Crippen molar-refractivity contribution in [3.63, 3.8) is 0 Å². The zero-order valence-corrected chi connectivity index (χ0v) is 12.8. The van der Waals surface area contributed by atoms with E-state index in [0.717, 1.165) is 0 Å². The number of ether oxygens (including phenoxy) is 1. The van der Waals surface area contributed by atoms with Crippen molar-refractivity contribution in [1.82, 2.24) is 0 Å². The second kappa shape index (κ2) is 6.34. The van der Waals surface area contributed by atoms with Gasteiger partial charge in [0.2, 0.25) is 0 Å². The Labute approximate surface area is 130 Å². The van der Waals surface area contributed by atoms with Crippen molar-refractivity contribution < 1.29 is 25.2 Å². The molecule has 0 aliphatic carbocycles. The van der Waals surface area contributed by atoms with Gasteiger partial charge in [-0.25, -0.2) is 15.0 Å². The van der Waals surface area contributed by atoms with E-state index >= 15 is 0 Å². The predicted octanol–water partition coefficient (Wildman–Crippen LogP) is 2.06. The molecule has 0 saturated carbocycles. The highest BCUT2D eigenvalue weighted by molar-refractivity contribution is 6.12. The standard InChI is InChI=1S/C11H17N7O5/c1-6-4-11(16-18-23-20)5-10(2,15-17-22-19)8(12)14-9(11)13-7(6)21-3/h6,12,19-20H,4-5H2,1-3H3/b12-8?,17-15-,18-16-. The summed E-state index contributed by atoms with van der Waals surface area (Å²) in [6.07, 6.45) is 0.506. The highest BCUT2D eigenvalue weighted by Gasteiger charge is 2.53. The number of nitrogens with zero attached hydrogens (tertiary/aromatic N) is 6. The topological polar surface area (TPSA) is 166 Å². The summed E-state index contributed by atoms with van der Waals surface area (Å²) < 4.78 is 5.20. The Morgan fingerprint density at radius 2 is 1.87 bits per heavy atom. The van der Waals surface area contributed by atoms with Gasteiger partial charge in [-0.1, -0.05) is 6.92 Å². The molecule has 0 aromatic rings. The normalized spacial score (nSPS) is 34.1. The summed E-state index contributed by atoms with van der Waals surface area (Å²) in [5, 5.41) is 38.9. The summed E-state index contributed by atoms with van der Waals surface area (Å²) in [5.41, 5.74) is -2.31. The van der Waals surface area contributed by atoms with Crippen LogP contribution in [0, 0.1) is 11.3 Å². The van der Waals surface area contributed by atoms with Crippen LogP contribution in [0.5, 0.6) is 0 Å². The molecular weight excluding hydrogens is 310 g/mol. The van der Waals surface area contributed by atoms with Gasteiger partial charge in [-0.3, -0.25) is 5.41 Å². The third-order valence-electron chi connectivity index (χ3n) is 3.84. The number of hydrogen-bond acceptors (Lipinski definition) is 11. The molecule has 0 radical (unpaired) electrons. The minimum absolute atomic E-state index is 0.112. The van der Waals surface area contributed by atoms with E-state index < -0.39 is 11.1 Å². The molecule has 23 heavy (non-hydrogen) atoms. The number of rotatable bonds is 4. The lowest BCUT2D eigenvalue weighted by atomic mass is 9.73. The van der Waals surface area contributed by atoms with E-state index in [4.69, 9.17) is 20.7 Å². The predicted molar refractivity (Wildman–Crippen MR) is 76.3 cm³/mol. The Hall–Kier alpha value is -2.47. The van der Waals surface area contributed by atoms with E-state index in [0.29, 0.717) is 12.3 Å². The average Bonchev–Trinajstić information content (AvgIpc) is 2.52. The lowest BCUT2D eigenvalue weighted by molar-refractivity contribution is -0.253. The third-order valence-corrected chi connectivity index (χ3v) is 3.84. The van der Waals surface area contributed by atoms with E-state index in [1.54, 1.807) is 6.92 Å². The molecule has 0 aromatic heterocycles. The van der Waals surface area contributed by atoms with Crippen molar-refractivity contribution >= 4 is 17.6 Å². The van der Waals surface area contributed by atoms with E-state index in [2.05, 4.69) is 40.7 Å². The number of nitrogens with one attached hydrogen (secondary N) is 1. The van der Waals surface area contributed by atoms with Crippen molar-refractivity contribution in [2.24, 2.45) is 36.7 Å². The number of aliphatic imine (C=N–C) groups is 2. The van der Waals surface area contributed by atoms with Gasteiger partial charge in [0.15, 0.2) is 17.6 Å². The van der Waals surface area contributed by atoms with Gasteiger partial charge in [0.1, 0.15) is 11.1 Å². The summed E-state index contributed by atoms with van der Waals surface area (Å²) >= 11 is 0. The van der Waals surface area contributed by atoms with E-state index in [1.807, 2.05) is 6.92 Å². The first-order chi connectivity index (χ1) is 10.9. The van der Waals surface area contributed by atoms with E-state index in [-0.39, 0.29) is 24.0 Å². The minimum atomic E-state index is -1.22. The molecule has 0 fully saturated rings. The van der Waals surface area contributed by atoms with Gasteiger partial charge in [0, 0.05) is 12.3 Å². The molecule has 0 saturated heterocycles. The van der Waals surface area contributed by atoms with Crippen molar-refractivity contribution in [2.75, 3.05) is 7.11 Å². The van der Waals surface area contributed by atoms with Gasteiger partial charge in [-0.15, -0.1) is 10.2 Å². The van der Waals surface area contributed by atoms with Gasteiger partial charge < -0.3 is 4.74 Å². The monoisotopic (exact) mass is 327 g/mol. The molecule has 0 aromatic carbocycles. The smallest absolute Gasteiger partial charge is 0.192 e. The first-order valence-corrected chi connectivity index (χ1v) is 6.67. The van der Waals surface area contributed by atoms with Crippen LogP contribution >= 0.6 is 0 Å². The molecule has 3 N–H and O–H groups in total. The van der Waals surface area contributed by atoms with Crippen LogP contribution in [0.25, 0.3) is 0 Å². The van der Waals surface area contributed by atoms with Crippen LogP contribution in [0.15, 0.2) is 30.8 Å². The van der Waals surface area contributed by atoms with Crippen LogP contribution in [0.4, 0.5) is 0 Å². The summed E-state index contributed by atoms with van der Waals surface area (Å²) in [4.78, 5) is 15.7. The Morgan fingerprint density at radius 1 is 1.22 bits per heavy atom. The number of hydrogen-bond donors (Lipinski definition) is 3. The molecule has 2 aliphatic rings. The summed E-state index contributed by atoms with van der Waals surface area (Å²) in [6.45, 7) is 3.46. The molecule has 3 atom stereocenters. The van der Waals surface area contributed by atoms with Crippen LogP contribution in [0.3, 0.4) is 0 Å². The fourth-order valence-corrected chi connectivity index (χ4v) is 2.82.